The number of rotatable bonds is 3. The monoisotopic (exact) mass is 302 g/mol. The van der Waals surface area contributed by atoms with Gasteiger partial charge in [0.05, 0.1) is 5.69 Å². The SMILES string of the molecule is CCc1cccc(CC)c1N1C(=O)C2CCCCN2C1=S. The summed E-state index contributed by atoms with van der Waals surface area (Å²) in [7, 11) is 0. The van der Waals surface area contributed by atoms with Crippen LogP contribution >= 0.6 is 12.2 Å². The van der Waals surface area contributed by atoms with E-state index in [1.54, 1.807) is 0 Å². The Kier molecular flexibility index (Phi) is 3.98. The molecule has 1 aromatic rings. The number of carbonyl (C=O) groups excluding carboxylic acids is 1. The Morgan fingerprint density at radius 2 is 1.86 bits per heavy atom. The number of benzene rings is 1. The predicted molar refractivity (Wildman–Crippen MR) is 89.6 cm³/mol. The third-order valence-electron chi connectivity index (χ3n) is 4.63. The molecular weight excluding hydrogens is 280 g/mol. The second kappa shape index (κ2) is 5.76. The highest BCUT2D eigenvalue weighted by atomic mass is 32.1. The van der Waals surface area contributed by atoms with Crippen molar-refractivity contribution in [3.05, 3.63) is 29.3 Å². The number of carbonyl (C=O) groups is 1. The van der Waals surface area contributed by atoms with E-state index >= 15 is 0 Å². The average Bonchev–Trinajstić information content (AvgIpc) is 2.78. The summed E-state index contributed by atoms with van der Waals surface area (Å²) in [6.45, 7) is 5.19. The summed E-state index contributed by atoms with van der Waals surface area (Å²) in [5.41, 5.74) is 3.47. The van der Waals surface area contributed by atoms with Gasteiger partial charge in [-0.25, -0.2) is 0 Å². The quantitative estimate of drug-likeness (QED) is 0.801. The summed E-state index contributed by atoms with van der Waals surface area (Å²) in [5, 5.41) is 0.709. The fourth-order valence-electron chi connectivity index (χ4n) is 3.50. The summed E-state index contributed by atoms with van der Waals surface area (Å²) in [4.78, 5) is 16.8. The second-order valence-corrected chi connectivity index (χ2v) is 6.16. The fraction of sp³-hybridized carbons (Fsp3) is 0.529. The van der Waals surface area contributed by atoms with Crippen LogP contribution in [0.25, 0.3) is 0 Å². The zero-order valence-electron chi connectivity index (χ0n) is 12.8. The van der Waals surface area contributed by atoms with Gasteiger partial charge in [0.25, 0.3) is 5.91 Å². The topological polar surface area (TPSA) is 23.6 Å². The van der Waals surface area contributed by atoms with Crippen molar-refractivity contribution in [2.24, 2.45) is 0 Å². The molecule has 1 amide bonds. The molecule has 0 bridgehead atoms. The number of anilines is 1. The molecule has 0 N–H and O–H groups in total. The zero-order chi connectivity index (χ0) is 15.0. The molecule has 112 valence electrons. The summed E-state index contributed by atoms with van der Waals surface area (Å²) >= 11 is 5.64. The molecule has 0 spiro atoms. The molecule has 3 rings (SSSR count). The summed E-state index contributed by atoms with van der Waals surface area (Å²) < 4.78 is 0. The van der Waals surface area contributed by atoms with E-state index in [4.69, 9.17) is 12.2 Å². The van der Waals surface area contributed by atoms with E-state index < -0.39 is 0 Å². The van der Waals surface area contributed by atoms with Crippen LogP contribution < -0.4 is 4.90 Å². The van der Waals surface area contributed by atoms with Gasteiger partial charge in [-0.05, 0) is 55.4 Å². The van der Waals surface area contributed by atoms with E-state index in [-0.39, 0.29) is 11.9 Å². The van der Waals surface area contributed by atoms with Crippen molar-refractivity contribution in [2.45, 2.75) is 52.0 Å². The van der Waals surface area contributed by atoms with Crippen molar-refractivity contribution >= 4 is 28.9 Å². The Bertz CT molecular complexity index is 538. The second-order valence-electron chi connectivity index (χ2n) is 5.79. The van der Waals surface area contributed by atoms with Crippen LogP contribution in [0.5, 0.6) is 0 Å². The summed E-state index contributed by atoms with van der Waals surface area (Å²) in [6, 6.07) is 6.28. The molecule has 0 aromatic heterocycles. The van der Waals surface area contributed by atoms with E-state index in [0.29, 0.717) is 5.11 Å². The molecule has 0 saturated carbocycles. The number of piperidine rings is 1. The number of hydrogen-bond donors (Lipinski definition) is 0. The van der Waals surface area contributed by atoms with Gasteiger partial charge in [-0.3, -0.25) is 9.69 Å². The van der Waals surface area contributed by atoms with Crippen LogP contribution in [0, 0.1) is 0 Å². The molecule has 1 unspecified atom stereocenters. The lowest BCUT2D eigenvalue weighted by molar-refractivity contribution is -0.120. The van der Waals surface area contributed by atoms with Gasteiger partial charge in [-0.2, -0.15) is 0 Å². The average molecular weight is 302 g/mol. The van der Waals surface area contributed by atoms with Gasteiger partial charge in [-0.15, -0.1) is 0 Å². The van der Waals surface area contributed by atoms with Gasteiger partial charge in [0.15, 0.2) is 5.11 Å². The normalized spacial score (nSPS) is 21.9. The molecule has 1 atom stereocenters. The molecule has 0 radical (unpaired) electrons. The van der Waals surface area contributed by atoms with Gasteiger partial charge in [0.1, 0.15) is 6.04 Å². The smallest absolute Gasteiger partial charge is 0.256 e. The Hall–Kier alpha value is -1.42. The maximum atomic E-state index is 12.9. The van der Waals surface area contributed by atoms with Crippen LogP contribution in [-0.2, 0) is 17.6 Å². The molecule has 1 aromatic carbocycles. The van der Waals surface area contributed by atoms with Crippen LogP contribution in [0.2, 0.25) is 0 Å². The van der Waals surface area contributed by atoms with E-state index in [2.05, 4.69) is 36.9 Å². The van der Waals surface area contributed by atoms with E-state index in [0.717, 1.165) is 44.3 Å². The molecule has 2 aliphatic heterocycles. The third-order valence-corrected chi connectivity index (χ3v) is 5.05. The Labute approximate surface area is 131 Å². The molecule has 3 nitrogen and oxygen atoms in total. The molecule has 2 fully saturated rings. The summed E-state index contributed by atoms with van der Waals surface area (Å²) in [6.07, 6.45) is 5.03. The van der Waals surface area contributed by atoms with Gasteiger partial charge < -0.3 is 4.90 Å². The lowest BCUT2D eigenvalue weighted by atomic mass is 10.0. The van der Waals surface area contributed by atoms with Crippen molar-refractivity contribution in [3.8, 4) is 0 Å². The van der Waals surface area contributed by atoms with Crippen molar-refractivity contribution in [3.63, 3.8) is 0 Å². The minimum Gasteiger partial charge on any atom is -0.336 e. The molecule has 2 aliphatic rings. The number of amides is 1. The van der Waals surface area contributed by atoms with Gasteiger partial charge in [-0.1, -0.05) is 32.0 Å². The van der Waals surface area contributed by atoms with Crippen LogP contribution in [0.1, 0.15) is 44.2 Å². The molecule has 2 heterocycles. The number of hydrogen-bond acceptors (Lipinski definition) is 2. The zero-order valence-corrected chi connectivity index (χ0v) is 13.6. The maximum absolute atomic E-state index is 12.9. The number of fused-ring (bicyclic) bond motifs is 1. The first kappa shape index (κ1) is 14.5. The minimum atomic E-state index is -0.0270. The van der Waals surface area contributed by atoms with Crippen LogP contribution in [-0.4, -0.2) is 28.5 Å². The first-order valence-corrected chi connectivity index (χ1v) is 8.35. The van der Waals surface area contributed by atoms with Gasteiger partial charge in [0.2, 0.25) is 0 Å². The molecule has 0 aliphatic carbocycles. The highest BCUT2D eigenvalue weighted by Gasteiger charge is 2.44. The summed E-state index contributed by atoms with van der Waals surface area (Å²) in [5.74, 6) is 0.176. The Morgan fingerprint density at radius 3 is 2.43 bits per heavy atom. The Balaban J connectivity index is 2.08. The molecule has 21 heavy (non-hydrogen) atoms. The standard InChI is InChI=1S/C17H22N2OS/c1-3-12-8-7-9-13(4-2)15(12)19-16(20)14-10-5-6-11-18(14)17(19)21/h7-9,14H,3-6,10-11H2,1-2H3. The predicted octanol–water partition coefficient (Wildman–Crippen LogP) is 3.30. The van der Waals surface area contributed by atoms with Crippen molar-refractivity contribution in [2.75, 3.05) is 11.4 Å². The van der Waals surface area contributed by atoms with Gasteiger partial charge >= 0.3 is 0 Å². The molecular formula is C17H22N2OS. The lowest BCUT2D eigenvalue weighted by Gasteiger charge is -2.28. The molecule has 2 saturated heterocycles. The minimum absolute atomic E-state index is 0.0270. The van der Waals surface area contributed by atoms with Crippen molar-refractivity contribution < 1.29 is 4.79 Å². The number of aryl methyl sites for hydroxylation is 2. The molecule has 4 heteroatoms. The van der Waals surface area contributed by atoms with Crippen LogP contribution in [0.4, 0.5) is 5.69 Å². The van der Waals surface area contributed by atoms with E-state index in [1.165, 1.54) is 11.1 Å². The van der Waals surface area contributed by atoms with Crippen molar-refractivity contribution in [1.82, 2.24) is 4.90 Å². The Morgan fingerprint density at radius 1 is 1.19 bits per heavy atom. The van der Waals surface area contributed by atoms with Gasteiger partial charge in [0, 0.05) is 6.54 Å². The highest BCUT2D eigenvalue weighted by Crippen LogP contribution is 2.35. The first-order chi connectivity index (χ1) is 10.2. The number of nitrogens with zero attached hydrogens (tertiary/aromatic N) is 2. The largest absolute Gasteiger partial charge is 0.336 e. The number of thiocarbonyl (C=S) groups is 1. The van der Waals surface area contributed by atoms with E-state index in [9.17, 15) is 4.79 Å². The fourth-order valence-corrected chi connectivity index (χ4v) is 3.90. The van der Waals surface area contributed by atoms with E-state index in [1.807, 2.05) is 4.90 Å². The van der Waals surface area contributed by atoms with Crippen molar-refractivity contribution in [1.29, 1.82) is 0 Å². The first-order valence-electron chi connectivity index (χ1n) is 7.94. The highest BCUT2D eigenvalue weighted by molar-refractivity contribution is 7.80. The third kappa shape index (κ3) is 2.26. The van der Waals surface area contributed by atoms with Crippen LogP contribution in [0.3, 0.4) is 0 Å². The number of para-hydroxylation sites is 1. The maximum Gasteiger partial charge on any atom is 0.256 e. The lowest BCUT2D eigenvalue weighted by Crippen LogP contribution is -2.38. The van der Waals surface area contributed by atoms with Crippen LogP contribution in [0.15, 0.2) is 18.2 Å².